The second kappa shape index (κ2) is 11.4. The van der Waals surface area contributed by atoms with E-state index in [4.69, 9.17) is 0 Å². The van der Waals surface area contributed by atoms with Gasteiger partial charge in [-0.05, 0) is 97.1 Å². The summed E-state index contributed by atoms with van der Waals surface area (Å²) in [7, 11) is -3.88. The number of benzene rings is 8. The molecule has 0 amide bonds. The Morgan fingerprint density at radius 3 is 1.18 bits per heavy atom. The first-order valence-corrected chi connectivity index (χ1v) is 21.3. The number of sulfone groups is 1. The number of fused-ring (bicyclic) bond motifs is 12. The second-order valence-electron chi connectivity index (χ2n) is 14.1. The number of para-hydroxylation sites is 2. The Labute approximate surface area is 323 Å². The summed E-state index contributed by atoms with van der Waals surface area (Å²) in [6, 6.07) is 58.0. The summed E-state index contributed by atoms with van der Waals surface area (Å²) in [4.78, 5) is 0.556. The average Bonchev–Trinajstić information content (AvgIpc) is 3.97. The van der Waals surface area contributed by atoms with Gasteiger partial charge in [0.25, 0.3) is 0 Å². The van der Waals surface area contributed by atoms with Crippen LogP contribution >= 0.6 is 22.7 Å². The summed E-state index contributed by atoms with van der Waals surface area (Å²) in [5.41, 5.74) is 6.10. The Balaban J connectivity index is 1.01. The first-order valence-electron chi connectivity index (χ1n) is 18.2. The molecule has 4 aromatic heterocycles. The Kier molecular flexibility index (Phi) is 6.44. The van der Waals surface area contributed by atoms with Crippen LogP contribution in [0.4, 0.5) is 0 Å². The van der Waals surface area contributed by atoms with Crippen molar-refractivity contribution in [2.45, 2.75) is 9.79 Å². The standard InChI is InChI=1S/C48H28N2O2S3/c51-55(52,31-19-21-43-37(27-31)33-9-1-5-13-41(33)49(43)29-17-23-47-39(25-29)35-11-3-7-15-45(35)53-47)32-20-22-44-38(28-32)34-10-2-6-14-42(34)50(44)30-18-24-48-40(26-30)36-12-4-8-16-46(36)54-48/h1-28H. The van der Waals surface area contributed by atoms with Crippen LogP contribution in [0.25, 0.3) is 95.3 Å². The van der Waals surface area contributed by atoms with Crippen molar-refractivity contribution in [1.82, 2.24) is 9.13 Å². The van der Waals surface area contributed by atoms with E-state index in [0.717, 1.165) is 55.0 Å². The van der Waals surface area contributed by atoms with Crippen molar-refractivity contribution in [3.8, 4) is 11.4 Å². The van der Waals surface area contributed by atoms with Gasteiger partial charge in [0.15, 0.2) is 0 Å². The molecule has 0 N–H and O–H groups in total. The van der Waals surface area contributed by atoms with Crippen LogP contribution in [0.2, 0.25) is 0 Å². The quantitative estimate of drug-likeness (QED) is 0.179. The van der Waals surface area contributed by atoms with Crippen molar-refractivity contribution in [3.63, 3.8) is 0 Å². The van der Waals surface area contributed by atoms with Crippen LogP contribution < -0.4 is 0 Å². The Hall–Kier alpha value is -6.25. The number of thiophene rings is 2. The van der Waals surface area contributed by atoms with Crippen LogP contribution in [0.5, 0.6) is 0 Å². The van der Waals surface area contributed by atoms with Crippen LogP contribution in [0.15, 0.2) is 180 Å². The van der Waals surface area contributed by atoms with Gasteiger partial charge in [-0.1, -0.05) is 72.8 Å². The van der Waals surface area contributed by atoms with Crippen molar-refractivity contribution >= 4 is 116 Å². The molecular formula is C48H28N2O2S3. The lowest BCUT2D eigenvalue weighted by Gasteiger charge is -2.10. The zero-order valence-electron chi connectivity index (χ0n) is 29.1. The molecule has 0 spiro atoms. The lowest BCUT2D eigenvalue weighted by Crippen LogP contribution is -2.02. The smallest absolute Gasteiger partial charge is 0.206 e. The van der Waals surface area contributed by atoms with E-state index in [1.54, 1.807) is 34.8 Å². The molecule has 0 aliphatic rings. The SMILES string of the molecule is O=S(=O)(c1ccc2c(c1)c1ccccc1n2-c1ccc2sc3ccccc3c2c1)c1ccc2c(c1)c1ccccc1n2-c1ccc2sc3ccccc3c2c1. The van der Waals surface area contributed by atoms with Gasteiger partial charge >= 0.3 is 0 Å². The minimum atomic E-state index is -3.88. The van der Waals surface area contributed by atoms with E-state index in [1.807, 2.05) is 48.5 Å². The Morgan fingerprint density at radius 1 is 0.327 bits per heavy atom. The van der Waals surface area contributed by atoms with Gasteiger partial charge < -0.3 is 9.13 Å². The number of nitrogens with zero attached hydrogens (tertiary/aromatic N) is 2. The average molecular weight is 761 g/mol. The van der Waals surface area contributed by atoms with E-state index in [9.17, 15) is 8.42 Å². The summed E-state index contributed by atoms with van der Waals surface area (Å²) < 4.78 is 38.8. The molecule has 260 valence electrons. The molecule has 0 aliphatic carbocycles. The summed E-state index contributed by atoms with van der Waals surface area (Å²) in [5, 5.41) is 8.77. The minimum Gasteiger partial charge on any atom is -0.309 e. The topological polar surface area (TPSA) is 44.0 Å². The van der Waals surface area contributed by atoms with Gasteiger partial charge in [-0.2, -0.15) is 0 Å². The molecule has 0 saturated heterocycles. The maximum atomic E-state index is 14.6. The summed E-state index contributed by atoms with van der Waals surface area (Å²) in [5.74, 6) is 0. The number of rotatable bonds is 4. The van der Waals surface area contributed by atoms with E-state index in [-0.39, 0.29) is 9.79 Å². The summed E-state index contributed by atoms with van der Waals surface area (Å²) in [6.45, 7) is 0. The number of hydrogen-bond donors (Lipinski definition) is 0. The molecule has 7 heteroatoms. The number of aromatic nitrogens is 2. The van der Waals surface area contributed by atoms with Crippen molar-refractivity contribution in [2.24, 2.45) is 0 Å². The Bertz CT molecular complexity index is 3460. The minimum absolute atomic E-state index is 0.278. The van der Waals surface area contributed by atoms with E-state index in [1.165, 1.54) is 40.3 Å². The van der Waals surface area contributed by atoms with Crippen LogP contribution in [0.1, 0.15) is 0 Å². The van der Waals surface area contributed by atoms with E-state index < -0.39 is 9.84 Å². The third-order valence-corrected chi connectivity index (χ3v) is 15.2. The van der Waals surface area contributed by atoms with Crippen molar-refractivity contribution in [1.29, 1.82) is 0 Å². The fourth-order valence-electron chi connectivity index (χ4n) is 8.64. The van der Waals surface area contributed by atoms with Crippen molar-refractivity contribution < 1.29 is 8.42 Å². The van der Waals surface area contributed by atoms with Gasteiger partial charge in [0.1, 0.15) is 0 Å². The van der Waals surface area contributed by atoms with E-state index in [0.29, 0.717) is 0 Å². The highest BCUT2D eigenvalue weighted by Gasteiger charge is 2.23. The maximum Gasteiger partial charge on any atom is 0.206 e. The molecule has 4 nitrogen and oxygen atoms in total. The van der Waals surface area contributed by atoms with Gasteiger partial charge in [0.2, 0.25) is 9.84 Å². The van der Waals surface area contributed by atoms with Gasteiger partial charge in [0.05, 0.1) is 31.9 Å². The molecule has 0 radical (unpaired) electrons. The zero-order valence-corrected chi connectivity index (χ0v) is 31.6. The van der Waals surface area contributed by atoms with Crippen LogP contribution in [0.3, 0.4) is 0 Å². The van der Waals surface area contributed by atoms with E-state index >= 15 is 0 Å². The fraction of sp³-hybridized carbons (Fsp3) is 0. The lowest BCUT2D eigenvalue weighted by molar-refractivity contribution is 0.596. The van der Waals surface area contributed by atoms with Crippen molar-refractivity contribution in [3.05, 3.63) is 170 Å². The van der Waals surface area contributed by atoms with Gasteiger partial charge in [-0.15, -0.1) is 22.7 Å². The van der Waals surface area contributed by atoms with Gasteiger partial charge in [0, 0.05) is 73.3 Å². The lowest BCUT2D eigenvalue weighted by atomic mass is 10.1. The largest absolute Gasteiger partial charge is 0.309 e. The fourth-order valence-corrected chi connectivity index (χ4v) is 12.1. The van der Waals surface area contributed by atoms with Gasteiger partial charge in [-0.25, -0.2) is 8.42 Å². The predicted octanol–water partition coefficient (Wildman–Crippen LogP) is 13.4. The van der Waals surface area contributed by atoms with Gasteiger partial charge in [-0.3, -0.25) is 0 Å². The zero-order chi connectivity index (χ0) is 36.4. The predicted molar refractivity (Wildman–Crippen MR) is 233 cm³/mol. The molecule has 0 aliphatic heterocycles. The molecule has 4 heterocycles. The molecule has 0 bridgehead atoms. The molecule has 55 heavy (non-hydrogen) atoms. The first-order chi connectivity index (χ1) is 27.0. The van der Waals surface area contributed by atoms with Crippen molar-refractivity contribution in [2.75, 3.05) is 0 Å². The summed E-state index contributed by atoms with van der Waals surface area (Å²) >= 11 is 3.60. The maximum absolute atomic E-state index is 14.6. The van der Waals surface area contributed by atoms with Crippen LogP contribution in [0, 0.1) is 0 Å². The Morgan fingerprint density at radius 2 is 0.709 bits per heavy atom. The molecule has 0 atom stereocenters. The highest BCUT2D eigenvalue weighted by atomic mass is 32.2. The third-order valence-electron chi connectivity index (χ3n) is 11.1. The highest BCUT2D eigenvalue weighted by molar-refractivity contribution is 7.91. The second-order valence-corrected chi connectivity index (χ2v) is 18.2. The van der Waals surface area contributed by atoms with Crippen LogP contribution in [-0.2, 0) is 9.84 Å². The first kappa shape index (κ1) is 31.1. The number of hydrogen-bond acceptors (Lipinski definition) is 4. The molecule has 12 rings (SSSR count). The van der Waals surface area contributed by atoms with E-state index in [2.05, 4.69) is 118 Å². The molecule has 12 aromatic rings. The molecule has 0 saturated carbocycles. The normalized spacial score (nSPS) is 12.5. The molecule has 0 fully saturated rings. The molecule has 8 aromatic carbocycles. The molecular weight excluding hydrogens is 733 g/mol. The monoisotopic (exact) mass is 760 g/mol. The highest BCUT2D eigenvalue weighted by Crippen LogP contribution is 2.41. The van der Waals surface area contributed by atoms with Crippen LogP contribution in [-0.4, -0.2) is 17.6 Å². The molecule has 0 unspecified atom stereocenters. The summed E-state index contributed by atoms with van der Waals surface area (Å²) in [6.07, 6.45) is 0. The third kappa shape index (κ3) is 4.46.